The molecular formula is C62H42O2P2. The molecule has 0 spiro atoms. The van der Waals surface area contributed by atoms with Gasteiger partial charge < -0.3 is 9.13 Å². The van der Waals surface area contributed by atoms with E-state index >= 15 is 9.13 Å². The smallest absolute Gasteiger partial charge is 0.171 e. The third-order valence-corrected chi connectivity index (χ3v) is 19.4. The fourth-order valence-electron chi connectivity index (χ4n) is 10.1. The van der Waals surface area contributed by atoms with Crippen molar-refractivity contribution < 1.29 is 9.13 Å². The van der Waals surface area contributed by atoms with Crippen LogP contribution in [0.5, 0.6) is 0 Å². The molecule has 0 fully saturated rings. The van der Waals surface area contributed by atoms with Crippen LogP contribution in [0.2, 0.25) is 0 Å². The Kier molecular flexibility index (Phi) is 9.76. The summed E-state index contributed by atoms with van der Waals surface area (Å²) in [7, 11) is -6.74. The quantitative estimate of drug-likeness (QED) is 0.113. The van der Waals surface area contributed by atoms with Crippen LogP contribution >= 0.6 is 14.3 Å². The molecule has 0 atom stereocenters. The van der Waals surface area contributed by atoms with Crippen LogP contribution in [0.15, 0.2) is 255 Å². The number of hydrogen-bond acceptors (Lipinski definition) is 2. The summed E-state index contributed by atoms with van der Waals surface area (Å²) in [5.41, 5.74) is 4.17. The number of hydrogen-bond donors (Lipinski definition) is 0. The van der Waals surface area contributed by atoms with Gasteiger partial charge in [-0.2, -0.15) is 0 Å². The van der Waals surface area contributed by atoms with Crippen LogP contribution in [0.3, 0.4) is 0 Å². The Morgan fingerprint density at radius 1 is 0.212 bits per heavy atom. The van der Waals surface area contributed by atoms with Crippen LogP contribution in [-0.4, -0.2) is 0 Å². The molecule has 0 aliphatic heterocycles. The van der Waals surface area contributed by atoms with E-state index in [1.807, 2.05) is 121 Å². The van der Waals surface area contributed by atoms with Crippen LogP contribution in [0.1, 0.15) is 0 Å². The van der Waals surface area contributed by atoms with Crippen molar-refractivity contribution in [2.45, 2.75) is 0 Å². The van der Waals surface area contributed by atoms with Crippen molar-refractivity contribution in [2.75, 3.05) is 0 Å². The Bertz CT molecular complexity index is 3840. The second kappa shape index (κ2) is 16.1. The van der Waals surface area contributed by atoms with E-state index < -0.39 is 14.3 Å². The van der Waals surface area contributed by atoms with Gasteiger partial charge in [-0.1, -0.05) is 218 Å². The van der Waals surface area contributed by atoms with Crippen molar-refractivity contribution in [2.24, 2.45) is 0 Å². The van der Waals surface area contributed by atoms with Crippen LogP contribution in [0.25, 0.3) is 76.1 Å². The van der Waals surface area contributed by atoms with Crippen LogP contribution in [0.4, 0.5) is 0 Å². The summed E-state index contributed by atoms with van der Waals surface area (Å²) in [5, 5.41) is 15.7. The first-order valence-electron chi connectivity index (χ1n) is 22.4. The fraction of sp³-hybridized carbons (Fsp3) is 0. The number of rotatable bonds is 8. The van der Waals surface area contributed by atoms with Crippen molar-refractivity contribution in [3.8, 4) is 22.3 Å². The lowest BCUT2D eigenvalue weighted by Gasteiger charge is -2.24. The lowest BCUT2D eigenvalue weighted by Crippen LogP contribution is -2.25. The summed E-state index contributed by atoms with van der Waals surface area (Å²) in [6, 6.07) is 87.5. The number of benzene rings is 12. The predicted molar refractivity (Wildman–Crippen MR) is 284 cm³/mol. The Balaban J connectivity index is 1.23. The molecule has 312 valence electrons. The van der Waals surface area contributed by atoms with E-state index in [0.29, 0.717) is 0 Å². The number of fused-ring (bicyclic) bond motifs is 5. The van der Waals surface area contributed by atoms with E-state index in [1.54, 1.807) is 0 Å². The highest BCUT2D eigenvalue weighted by atomic mass is 31.2. The predicted octanol–water partition coefficient (Wildman–Crippen LogP) is 14.1. The van der Waals surface area contributed by atoms with Gasteiger partial charge >= 0.3 is 0 Å². The van der Waals surface area contributed by atoms with Gasteiger partial charge in [-0.25, -0.2) is 0 Å². The zero-order chi connectivity index (χ0) is 44.2. The molecule has 0 N–H and O–H groups in total. The molecule has 12 rings (SSSR count). The standard InChI is InChI=1S/C62H42O2P2/c63-65(51-21-5-1-6-22-51,52-23-7-2-8-24-52)55-34-36-58-59(41-55)61(48-31-29-43-17-13-14-18-44(43)38-48)57-35-33-56(66(64,53-25-9-3-10-26-53)54-27-11-4-12-28-54)42-60(57)62(58)49-32-30-47-37-45-19-15-16-20-46(45)39-50(47)40-49/h1-42H. The molecule has 0 aliphatic carbocycles. The molecule has 0 aliphatic rings. The van der Waals surface area contributed by atoms with Gasteiger partial charge in [-0.05, 0) is 113 Å². The fourth-order valence-corrected chi connectivity index (χ4v) is 15.5. The van der Waals surface area contributed by atoms with E-state index in [9.17, 15) is 0 Å². The van der Waals surface area contributed by atoms with Gasteiger partial charge in [0.1, 0.15) is 0 Å². The summed E-state index contributed by atoms with van der Waals surface area (Å²) in [4.78, 5) is 0. The summed E-state index contributed by atoms with van der Waals surface area (Å²) in [5.74, 6) is 0. The van der Waals surface area contributed by atoms with Crippen LogP contribution < -0.4 is 31.8 Å². The molecule has 0 aromatic heterocycles. The normalized spacial score (nSPS) is 12.1. The van der Waals surface area contributed by atoms with Crippen LogP contribution in [0, 0.1) is 0 Å². The molecular weight excluding hydrogens is 839 g/mol. The molecule has 0 heterocycles. The maximum absolute atomic E-state index is 16.2. The minimum absolute atomic E-state index is 0.763. The average molecular weight is 881 g/mol. The molecule has 12 aromatic carbocycles. The molecule has 66 heavy (non-hydrogen) atoms. The lowest BCUT2D eigenvalue weighted by atomic mass is 9.85. The monoisotopic (exact) mass is 880 g/mol. The first-order valence-corrected chi connectivity index (χ1v) is 25.8. The Morgan fingerprint density at radius 3 is 0.955 bits per heavy atom. The SMILES string of the molecule is O=P(c1ccccc1)(c1ccccc1)c1ccc2c(-c3ccc4cc5ccccc5cc4c3)c3cc(P(=O)(c4ccccc4)c4ccccc4)ccc3c(-c3ccc4ccccc4c3)c2c1. The van der Waals surface area contributed by atoms with E-state index in [0.717, 1.165) is 97.2 Å². The highest BCUT2D eigenvalue weighted by Crippen LogP contribution is 2.50. The van der Waals surface area contributed by atoms with Gasteiger partial charge in [0, 0.05) is 31.8 Å². The molecule has 0 unspecified atom stereocenters. The topological polar surface area (TPSA) is 34.1 Å². The van der Waals surface area contributed by atoms with Crippen LogP contribution in [-0.2, 0) is 9.13 Å². The van der Waals surface area contributed by atoms with Gasteiger partial charge in [0.25, 0.3) is 0 Å². The Labute approximate surface area is 384 Å². The minimum atomic E-state index is -3.37. The summed E-state index contributed by atoms with van der Waals surface area (Å²) in [6.07, 6.45) is 0. The first kappa shape index (κ1) is 40.0. The van der Waals surface area contributed by atoms with Gasteiger partial charge in [0.05, 0.1) is 0 Å². The first-order chi connectivity index (χ1) is 32.5. The molecule has 0 radical (unpaired) electrons. The summed E-state index contributed by atoms with van der Waals surface area (Å²) < 4.78 is 32.3. The van der Waals surface area contributed by atoms with Crippen molar-refractivity contribution in [3.63, 3.8) is 0 Å². The molecule has 4 heteroatoms. The lowest BCUT2D eigenvalue weighted by molar-refractivity contribution is 0.591. The Hall–Kier alpha value is -7.60. The Morgan fingerprint density at radius 2 is 0.530 bits per heavy atom. The molecule has 0 bridgehead atoms. The molecule has 0 amide bonds. The minimum Gasteiger partial charge on any atom is -0.309 e. The van der Waals surface area contributed by atoms with Crippen molar-refractivity contribution in [1.29, 1.82) is 0 Å². The zero-order valence-electron chi connectivity index (χ0n) is 36.0. The van der Waals surface area contributed by atoms with E-state index in [4.69, 9.17) is 0 Å². The van der Waals surface area contributed by atoms with E-state index in [2.05, 4.69) is 133 Å². The third kappa shape index (κ3) is 6.56. The van der Waals surface area contributed by atoms with Gasteiger partial charge in [0.2, 0.25) is 0 Å². The highest BCUT2D eigenvalue weighted by Gasteiger charge is 2.33. The summed E-state index contributed by atoms with van der Waals surface area (Å²) >= 11 is 0. The zero-order valence-corrected chi connectivity index (χ0v) is 37.7. The van der Waals surface area contributed by atoms with Gasteiger partial charge in [-0.15, -0.1) is 0 Å². The van der Waals surface area contributed by atoms with E-state index in [-0.39, 0.29) is 0 Å². The van der Waals surface area contributed by atoms with Crippen molar-refractivity contribution in [3.05, 3.63) is 255 Å². The second-order valence-electron chi connectivity index (χ2n) is 17.1. The highest BCUT2D eigenvalue weighted by molar-refractivity contribution is 7.85. The molecule has 0 saturated heterocycles. The molecule has 0 saturated carbocycles. The van der Waals surface area contributed by atoms with Crippen molar-refractivity contribution >= 4 is 100.0 Å². The average Bonchev–Trinajstić information content (AvgIpc) is 3.39. The van der Waals surface area contributed by atoms with Crippen molar-refractivity contribution in [1.82, 2.24) is 0 Å². The van der Waals surface area contributed by atoms with Gasteiger partial charge in [-0.3, -0.25) is 0 Å². The maximum Gasteiger partial charge on any atom is 0.171 e. The maximum atomic E-state index is 16.2. The molecule has 2 nitrogen and oxygen atoms in total. The largest absolute Gasteiger partial charge is 0.309 e. The van der Waals surface area contributed by atoms with Gasteiger partial charge in [0.15, 0.2) is 14.3 Å². The second-order valence-corrected chi connectivity index (χ2v) is 22.6. The molecule has 12 aromatic rings. The third-order valence-electron chi connectivity index (χ3n) is 13.3. The van der Waals surface area contributed by atoms with E-state index in [1.165, 1.54) is 10.8 Å². The summed E-state index contributed by atoms with van der Waals surface area (Å²) in [6.45, 7) is 0.